The summed E-state index contributed by atoms with van der Waals surface area (Å²) in [6.45, 7) is 0.723. The number of hydrogen-bond donors (Lipinski definition) is 4. The highest BCUT2D eigenvalue weighted by atomic mass is 19.1. The Hall–Kier alpha value is -2.22. The minimum Gasteiger partial charge on any atom is -0.481 e. The van der Waals surface area contributed by atoms with Crippen molar-refractivity contribution < 1.29 is 28.6 Å². The van der Waals surface area contributed by atoms with Crippen LogP contribution in [0, 0.1) is 11.6 Å². The van der Waals surface area contributed by atoms with E-state index in [9.17, 15) is 23.5 Å². The fourth-order valence-electron chi connectivity index (χ4n) is 1.58. The molecule has 1 aromatic rings. The predicted molar refractivity (Wildman–Crippen MR) is 69.5 cm³/mol. The molecule has 2 amide bonds. The van der Waals surface area contributed by atoms with Crippen LogP contribution in [-0.4, -0.2) is 34.4 Å². The van der Waals surface area contributed by atoms with Crippen LogP contribution in [0.5, 0.6) is 0 Å². The van der Waals surface area contributed by atoms with Crippen molar-refractivity contribution in [3.05, 3.63) is 35.4 Å². The maximum atomic E-state index is 13.3. The smallest absolute Gasteiger partial charge is 0.315 e. The van der Waals surface area contributed by atoms with E-state index in [0.29, 0.717) is 0 Å². The van der Waals surface area contributed by atoms with Gasteiger partial charge in [0.1, 0.15) is 11.6 Å². The number of amides is 2. The molecule has 1 unspecified atom stereocenters. The third-order valence-electron chi connectivity index (χ3n) is 2.61. The maximum absolute atomic E-state index is 13.3. The molecule has 0 saturated carbocycles. The molecular weight excluding hydrogens is 286 g/mol. The number of halogens is 2. The molecule has 0 spiro atoms. The number of carboxylic acids is 1. The highest BCUT2D eigenvalue weighted by molar-refractivity contribution is 5.74. The SMILES string of the molecule is CC(O)(CNC(=O)NCc1cc(F)ccc1F)CC(=O)O. The standard InChI is InChI=1S/C13H16F2N2O4/c1-13(21,5-11(18)19)7-17-12(20)16-6-8-4-9(14)2-3-10(8)15/h2-4,21H,5-7H2,1H3,(H,18,19)(H2,16,17,20). The third-order valence-corrected chi connectivity index (χ3v) is 2.61. The van der Waals surface area contributed by atoms with E-state index < -0.39 is 35.7 Å². The molecule has 0 fully saturated rings. The number of carbonyl (C=O) groups is 2. The van der Waals surface area contributed by atoms with E-state index in [-0.39, 0.29) is 18.7 Å². The van der Waals surface area contributed by atoms with Crippen LogP contribution >= 0.6 is 0 Å². The molecule has 1 rings (SSSR count). The average Bonchev–Trinajstić information content (AvgIpc) is 2.36. The molecule has 0 radical (unpaired) electrons. The summed E-state index contributed by atoms with van der Waals surface area (Å²) >= 11 is 0. The minimum atomic E-state index is -1.60. The molecule has 8 heteroatoms. The van der Waals surface area contributed by atoms with Crippen LogP contribution < -0.4 is 10.6 Å². The second-order valence-corrected chi connectivity index (χ2v) is 4.84. The molecule has 6 nitrogen and oxygen atoms in total. The number of hydrogen-bond acceptors (Lipinski definition) is 3. The van der Waals surface area contributed by atoms with Crippen molar-refractivity contribution in [1.82, 2.24) is 10.6 Å². The van der Waals surface area contributed by atoms with Gasteiger partial charge in [-0.2, -0.15) is 0 Å². The zero-order valence-corrected chi connectivity index (χ0v) is 11.3. The summed E-state index contributed by atoms with van der Waals surface area (Å²) in [4.78, 5) is 21.9. The number of carboxylic acid groups (broad SMARTS) is 1. The highest BCUT2D eigenvalue weighted by Gasteiger charge is 2.24. The van der Waals surface area contributed by atoms with Crippen molar-refractivity contribution in [2.24, 2.45) is 0 Å². The maximum Gasteiger partial charge on any atom is 0.315 e. The summed E-state index contributed by atoms with van der Waals surface area (Å²) in [5.41, 5.74) is -1.63. The van der Waals surface area contributed by atoms with E-state index in [1.165, 1.54) is 6.92 Å². The van der Waals surface area contributed by atoms with Gasteiger partial charge in [-0.3, -0.25) is 4.79 Å². The molecular formula is C13H16F2N2O4. The van der Waals surface area contributed by atoms with Crippen molar-refractivity contribution >= 4 is 12.0 Å². The van der Waals surface area contributed by atoms with Crippen LogP contribution in [0.1, 0.15) is 18.9 Å². The fourth-order valence-corrected chi connectivity index (χ4v) is 1.58. The van der Waals surface area contributed by atoms with Gasteiger partial charge in [0.2, 0.25) is 0 Å². The Morgan fingerprint density at radius 2 is 1.95 bits per heavy atom. The summed E-state index contributed by atoms with van der Waals surface area (Å²) in [5, 5.41) is 22.8. The first-order valence-electron chi connectivity index (χ1n) is 6.09. The van der Waals surface area contributed by atoms with Crippen LogP contribution in [0.25, 0.3) is 0 Å². The molecule has 0 aromatic heterocycles. The Balaban J connectivity index is 2.44. The quantitative estimate of drug-likeness (QED) is 0.630. The predicted octanol–water partition coefficient (Wildman–Crippen LogP) is 0.990. The van der Waals surface area contributed by atoms with Crippen LogP contribution in [0.4, 0.5) is 13.6 Å². The van der Waals surface area contributed by atoms with Gasteiger partial charge in [-0.1, -0.05) is 0 Å². The van der Waals surface area contributed by atoms with Gasteiger partial charge in [-0.25, -0.2) is 13.6 Å². The number of urea groups is 1. The number of carbonyl (C=O) groups excluding carboxylic acids is 1. The molecule has 0 bridgehead atoms. The molecule has 0 aliphatic carbocycles. The van der Waals surface area contributed by atoms with Gasteiger partial charge >= 0.3 is 12.0 Å². The first-order valence-corrected chi connectivity index (χ1v) is 6.09. The number of rotatable bonds is 6. The van der Waals surface area contributed by atoms with Crippen molar-refractivity contribution in [3.63, 3.8) is 0 Å². The summed E-state index contributed by atoms with van der Waals surface area (Å²) in [7, 11) is 0. The van der Waals surface area contributed by atoms with Gasteiger partial charge in [0.25, 0.3) is 0 Å². The van der Waals surface area contributed by atoms with Crippen molar-refractivity contribution in [2.45, 2.75) is 25.5 Å². The van der Waals surface area contributed by atoms with Gasteiger partial charge in [0.05, 0.1) is 12.0 Å². The van der Waals surface area contributed by atoms with Gasteiger partial charge in [-0.15, -0.1) is 0 Å². The summed E-state index contributed by atoms with van der Waals surface area (Å²) < 4.78 is 26.2. The second-order valence-electron chi connectivity index (χ2n) is 4.84. The lowest BCUT2D eigenvalue weighted by molar-refractivity contribution is -0.141. The Labute approximate surface area is 119 Å². The molecule has 21 heavy (non-hydrogen) atoms. The van der Waals surface area contributed by atoms with Crippen LogP contribution in [0.15, 0.2) is 18.2 Å². The zero-order valence-electron chi connectivity index (χ0n) is 11.3. The van der Waals surface area contributed by atoms with Crippen molar-refractivity contribution in [2.75, 3.05) is 6.54 Å². The van der Waals surface area contributed by atoms with Crippen molar-refractivity contribution in [1.29, 1.82) is 0 Å². The molecule has 0 heterocycles. The van der Waals surface area contributed by atoms with Gasteiger partial charge < -0.3 is 20.8 Å². The number of nitrogens with one attached hydrogen (secondary N) is 2. The average molecular weight is 302 g/mol. The first kappa shape index (κ1) is 16.8. The lowest BCUT2D eigenvalue weighted by Gasteiger charge is -2.21. The molecule has 0 aliphatic heterocycles. The van der Waals surface area contributed by atoms with E-state index in [2.05, 4.69) is 10.6 Å². The number of benzene rings is 1. The van der Waals surface area contributed by atoms with Gasteiger partial charge in [0.15, 0.2) is 0 Å². The summed E-state index contributed by atoms with van der Waals surface area (Å²) in [6.07, 6.45) is -0.536. The van der Waals surface area contributed by atoms with E-state index in [1.54, 1.807) is 0 Å². The van der Waals surface area contributed by atoms with E-state index in [0.717, 1.165) is 18.2 Å². The Bertz CT molecular complexity index is 535. The highest BCUT2D eigenvalue weighted by Crippen LogP contribution is 2.09. The monoisotopic (exact) mass is 302 g/mol. The lowest BCUT2D eigenvalue weighted by Crippen LogP contribution is -2.45. The molecule has 0 saturated heterocycles. The Morgan fingerprint density at radius 1 is 1.29 bits per heavy atom. The number of aliphatic carboxylic acids is 1. The molecule has 4 N–H and O–H groups in total. The van der Waals surface area contributed by atoms with Crippen LogP contribution in [-0.2, 0) is 11.3 Å². The third kappa shape index (κ3) is 6.17. The zero-order chi connectivity index (χ0) is 16.0. The summed E-state index contributed by atoms with van der Waals surface area (Å²) in [5.74, 6) is -2.49. The van der Waals surface area contributed by atoms with Crippen LogP contribution in [0.2, 0.25) is 0 Å². The molecule has 1 atom stereocenters. The molecule has 0 aliphatic rings. The Kier molecular flexibility index (Phi) is 5.60. The topological polar surface area (TPSA) is 98.7 Å². The number of aliphatic hydroxyl groups is 1. The van der Waals surface area contributed by atoms with Crippen LogP contribution in [0.3, 0.4) is 0 Å². The second kappa shape index (κ2) is 6.98. The van der Waals surface area contributed by atoms with Gasteiger partial charge in [-0.05, 0) is 25.1 Å². The largest absolute Gasteiger partial charge is 0.481 e. The minimum absolute atomic E-state index is 0.0255. The first-order chi connectivity index (χ1) is 9.69. The van der Waals surface area contributed by atoms with Crippen molar-refractivity contribution in [3.8, 4) is 0 Å². The molecule has 116 valence electrons. The van der Waals surface area contributed by atoms with E-state index >= 15 is 0 Å². The Morgan fingerprint density at radius 3 is 2.57 bits per heavy atom. The van der Waals surface area contributed by atoms with Gasteiger partial charge in [0, 0.05) is 18.7 Å². The van der Waals surface area contributed by atoms with E-state index in [1.807, 2.05) is 0 Å². The molecule has 1 aromatic carbocycles. The summed E-state index contributed by atoms with van der Waals surface area (Å²) in [6, 6.07) is 2.13. The van der Waals surface area contributed by atoms with E-state index in [4.69, 9.17) is 5.11 Å². The fraction of sp³-hybridized carbons (Fsp3) is 0.385. The lowest BCUT2D eigenvalue weighted by atomic mass is 10.0. The normalized spacial score (nSPS) is 13.3.